The van der Waals surface area contributed by atoms with Gasteiger partial charge < -0.3 is 14.7 Å². The summed E-state index contributed by atoms with van der Waals surface area (Å²) in [4.78, 5) is 31.7. The van der Waals surface area contributed by atoms with E-state index in [9.17, 15) is 4.79 Å². The molecule has 0 atom stereocenters. The number of benzene rings is 1. The number of para-hydroxylation sites is 1. The Morgan fingerprint density at radius 3 is 2.62 bits per heavy atom. The number of aliphatic imine (C=N–C) groups is 1. The standard InChI is InChI=1S/C30H24N4O2S/c1-17-14-18(2)32-22(17)15-23-25(36-3)16-24(33-23)29-28(19-8-4-5-9-20(19)34-29)30(35)27-12-11-26(37-27)21-10-6-7-13-31-21/h4-16,32,34H,1-3H3. The lowest BCUT2D eigenvalue weighted by Gasteiger charge is -2.02. The molecule has 0 bridgehead atoms. The minimum absolute atomic E-state index is 0.0528. The van der Waals surface area contributed by atoms with Gasteiger partial charge in [-0.15, -0.1) is 11.3 Å². The third-order valence-corrected chi connectivity index (χ3v) is 7.49. The molecule has 5 heterocycles. The van der Waals surface area contributed by atoms with Gasteiger partial charge in [-0.3, -0.25) is 9.78 Å². The number of carbonyl (C=O) groups excluding carboxylic acids is 1. The van der Waals surface area contributed by atoms with Crippen LogP contribution in [0.15, 0.2) is 89.4 Å². The highest BCUT2D eigenvalue weighted by atomic mass is 32.1. The van der Waals surface area contributed by atoms with Crippen molar-refractivity contribution in [2.45, 2.75) is 13.8 Å². The molecule has 0 amide bonds. The molecule has 0 unspecified atom stereocenters. The highest BCUT2D eigenvalue weighted by Gasteiger charge is 2.27. The van der Waals surface area contributed by atoms with Crippen molar-refractivity contribution in [3.8, 4) is 10.6 Å². The van der Waals surface area contributed by atoms with Gasteiger partial charge in [0.05, 0.1) is 39.5 Å². The van der Waals surface area contributed by atoms with E-state index in [1.807, 2.05) is 73.7 Å². The van der Waals surface area contributed by atoms with Gasteiger partial charge in [0, 0.05) is 34.6 Å². The Morgan fingerprint density at radius 1 is 1.03 bits per heavy atom. The van der Waals surface area contributed by atoms with Crippen LogP contribution in [-0.2, 0) is 4.74 Å². The normalized spacial score (nSPS) is 14.3. The van der Waals surface area contributed by atoms with Crippen LogP contribution < -0.4 is 0 Å². The molecule has 7 heteroatoms. The number of rotatable bonds is 6. The summed E-state index contributed by atoms with van der Waals surface area (Å²) in [6.07, 6.45) is 5.62. The molecule has 37 heavy (non-hydrogen) atoms. The highest BCUT2D eigenvalue weighted by Crippen LogP contribution is 2.34. The van der Waals surface area contributed by atoms with Gasteiger partial charge in [0.15, 0.2) is 0 Å². The maximum Gasteiger partial charge on any atom is 0.205 e. The Hall–Kier alpha value is -4.49. The van der Waals surface area contributed by atoms with Gasteiger partial charge in [0.1, 0.15) is 11.5 Å². The molecule has 0 aliphatic carbocycles. The smallest absolute Gasteiger partial charge is 0.205 e. The number of fused-ring (bicyclic) bond motifs is 1. The number of aromatic amines is 2. The van der Waals surface area contributed by atoms with Gasteiger partial charge >= 0.3 is 0 Å². The van der Waals surface area contributed by atoms with Gasteiger partial charge in [0.2, 0.25) is 5.78 Å². The van der Waals surface area contributed by atoms with Crippen LogP contribution in [0.2, 0.25) is 0 Å². The van der Waals surface area contributed by atoms with Crippen molar-refractivity contribution in [1.82, 2.24) is 15.0 Å². The molecule has 182 valence electrons. The van der Waals surface area contributed by atoms with Gasteiger partial charge in [-0.25, -0.2) is 4.99 Å². The number of nitrogens with zero attached hydrogens (tertiary/aromatic N) is 2. The summed E-state index contributed by atoms with van der Waals surface area (Å²) in [5.74, 6) is 0.593. The van der Waals surface area contributed by atoms with Gasteiger partial charge in [0.25, 0.3) is 0 Å². The first-order valence-corrected chi connectivity index (χ1v) is 12.7. The van der Waals surface area contributed by atoms with Crippen LogP contribution in [-0.4, -0.2) is 33.6 Å². The van der Waals surface area contributed by atoms with Crippen molar-refractivity contribution in [3.63, 3.8) is 0 Å². The molecule has 4 aromatic heterocycles. The molecule has 1 aromatic carbocycles. The minimum atomic E-state index is -0.0528. The summed E-state index contributed by atoms with van der Waals surface area (Å²) in [7, 11) is 1.63. The van der Waals surface area contributed by atoms with E-state index in [0.29, 0.717) is 33.3 Å². The van der Waals surface area contributed by atoms with Crippen molar-refractivity contribution >= 4 is 39.8 Å². The molecule has 6 nitrogen and oxygen atoms in total. The molecule has 6 rings (SSSR count). The van der Waals surface area contributed by atoms with Crippen LogP contribution in [0.3, 0.4) is 0 Å². The van der Waals surface area contributed by atoms with E-state index in [1.54, 1.807) is 13.3 Å². The molecule has 0 saturated heterocycles. The molecule has 0 fully saturated rings. The highest BCUT2D eigenvalue weighted by molar-refractivity contribution is 7.17. The number of ketones is 1. The van der Waals surface area contributed by atoms with E-state index in [-0.39, 0.29) is 5.78 Å². The van der Waals surface area contributed by atoms with Crippen LogP contribution in [0.1, 0.15) is 37.9 Å². The fraction of sp³-hybridized carbons (Fsp3) is 0.100. The second-order valence-corrected chi connectivity index (χ2v) is 10.0. The fourth-order valence-corrected chi connectivity index (χ4v) is 5.57. The molecular formula is C30H24N4O2S. The van der Waals surface area contributed by atoms with Crippen LogP contribution in [0.25, 0.3) is 27.6 Å². The second kappa shape index (κ2) is 9.19. The maximum atomic E-state index is 14.0. The van der Waals surface area contributed by atoms with Crippen LogP contribution in [0.5, 0.6) is 0 Å². The van der Waals surface area contributed by atoms with Crippen molar-refractivity contribution in [1.29, 1.82) is 0 Å². The zero-order chi connectivity index (χ0) is 25.5. The van der Waals surface area contributed by atoms with Gasteiger partial charge in [-0.1, -0.05) is 24.3 Å². The Bertz CT molecular complexity index is 1750. The molecule has 0 saturated carbocycles. The molecular weight excluding hydrogens is 480 g/mol. The van der Waals surface area contributed by atoms with E-state index in [2.05, 4.69) is 27.9 Å². The molecule has 0 spiro atoms. The predicted octanol–water partition coefficient (Wildman–Crippen LogP) is 6.84. The molecule has 2 N–H and O–H groups in total. The van der Waals surface area contributed by atoms with Crippen LogP contribution in [0, 0.1) is 13.8 Å². The number of ether oxygens (including phenoxy) is 1. The predicted molar refractivity (Wildman–Crippen MR) is 149 cm³/mol. The summed E-state index contributed by atoms with van der Waals surface area (Å²) in [5, 5.41) is 0.860. The average molecular weight is 505 g/mol. The number of carbonyl (C=O) groups is 1. The minimum Gasteiger partial charge on any atom is -0.494 e. The third kappa shape index (κ3) is 4.13. The first kappa shape index (κ1) is 22.9. The average Bonchev–Trinajstić information content (AvgIpc) is 3.69. The number of nitrogens with one attached hydrogen (secondary N) is 2. The second-order valence-electron chi connectivity index (χ2n) is 8.92. The summed E-state index contributed by atoms with van der Waals surface area (Å²) < 4.78 is 5.67. The molecule has 1 aliphatic rings. The first-order chi connectivity index (χ1) is 18.0. The molecule has 0 radical (unpaired) electrons. The van der Waals surface area contributed by atoms with Crippen LogP contribution in [0.4, 0.5) is 0 Å². The van der Waals surface area contributed by atoms with Gasteiger partial charge in [-0.2, -0.15) is 0 Å². The van der Waals surface area contributed by atoms with Crippen LogP contribution >= 0.6 is 11.3 Å². The van der Waals surface area contributed by atoms with Crippen molar-refractivity contribution in [2.24, 2.45) is 4.99 Å². The number of methoxy groups -OCH3 is 1. The number of aryl methyl sites for hydroxylation is 2. The van der Waals surface area contributed by atoms with Crippen molar-refractivity contribution < 1.29 is 9.53 Å². The van der Waals surface area contributed by atoms with E-state index >= 15 is 0 Å². The number of aromatic nitrogens is 3. The SMILES string of the molecule is COC1=CC(c2[nH]c3ccccc3c2C(=O)c2ccc(-c3ccccn3)s2)=NC1=Cc1[nH]c(C)cc1C. The number of allylic oxidation sites excluding steroid dienone is 1. The van der Waals surface area contributed by atoms with E-state index in [0.717, 1.165) is 38.4 Å². The Labute approximate surface area is 218 Å². The van der Waals surface area contributed by atoms with E-state index in [4.69, 9.17) is 9.73 Å². The summed E-state index contributed by atoms with van der Waals surface area (Å²) in [6.45, 7) is 4.08. The summed E-state index contributed by atoms with van der Waals surface area (Å²) in [5.41, 5.74) is 7.56. The number of pyridine rings is 1. The zero-order valence-electron chi connectivity index (χ0n) is 20.6. The Morgan fingerprint density at radius 2 is 1.86 bits per heavy atom. The van der Waals surface area contributed by atoms with Gasteiger partial charge in [-0.05, 0) is 61.9 Å². The number of hydrogen-bond acceptors (Lipinski definition) is 5. The fourth-order valence-electron chi connectivity index (χ4n) is 4.65. The zero-order valence-corrected chi connectivity index (χ0v) is 21.4. The first-order valence-electron chi connectivity index (χ1n) is 11.9. The largest absolute Gasteiger partial charge is 0.494 e. The monoisotopic (exact) mass is 504 g/mol. The third-order valence-electron chi connectivity index (χ3n) is 6.39. The summed E-state index contributed by atoms with van der Waals surface area (Å²) >= 11 is 1.44. The lowest BCUT2D eigenvalue weighted by atomic mass is 10.0. The molecule has 5 aromatic rings. The van der Waals surface area contributed by atoms with Crippen molar-refractivity contribution in [2.75, 3.05) is 7.11 Å². The van der Waals surface area contributed by atoms with Crippen molar-refractivity contribution in [3.05, 3.63) is 117 Å². The topological polar surface area (TPSA) is 83.1 Å². The molecule has 1 aliphatic heterocycles. The number of hydrogen-bond donors (Lipinski definition) is 2. The Balaban J connectivity index is 1.46. The number of H-pyrrole nitrogens is 2. The number of thiophene rings is 1. The quantitative estimate of drug-likeness (QED) is 0.248. The maximum absolute atomic E-state index is 14.0. The summed E-state index contributed by atoms with van der Waals surface area (Å²) in [6, 6.07) is 19.5. The lowest BCUT2D eigenvalue weighted by Crippen LogP contribution is -2.06. The Kier molecular flexibility index (Phi) is 5.70. The lowest BCUT2D eigenvalue weighted by molar-refractivity contribution is 0.104. The van der Waals surface area contributed by atoms with E-state index in [1.165, 1.54) is 11.3 Å². The van der Waals surface area contributed by atoms with E-state index < -0.39 is 0 Å².